The molecule has 7 heteroatoms. The first-order chi connectivity index (χ1) is 13.6. The van der Waals surface area contributed by atoms with Crippen molar-refractivity contribution in [1.82, 2.24) is 0 Å². The lowest BCUT2D eigenvalue weighted by molar-refractivity contribution is 0.0557. The van der Waals surface area contributed by atoms with Crippen molar-refractivity contribution in [2.24, 2.45) is 5.10 Å². The summed E-state index contributed by atoms with van der Waals surface area (Å²) < 4.78 is 10.7. The van der Waals surface area contributed by atoms with Gasteiger partial charge >= 0.3 is 5.97 Å². The van der Waals surface area contributed by atoms with Crippen molar-refractivity contribution in [1.29, 1.82) is 0 Å². The van der Waals surface area contributed by atoms with E-state index in [-0.39, 0.29) is 17.2 Å². The molecule has 0 atom stereocenters. The van der Waals surface area contributed by atoms with Crippen molar-refractivity contribution in [3.8, 4) is 23.7 Å². The van der Waals surface area contributed by atoms with Gasteiger partial charge in [0, 0.05) is 10.6 Å². The van der Waals surface area contributed by atoms with E-state index in [1.807, 2.05) is 12.1 Å². The topological polar surface area (TPSA) is 63.8 Å². The number of esters is 1. The SMILES string of the molecule is C#CCOC(=O)c1cc(-c2ccc(C=NNc3ccc(Cl)cc3)o2)ccc1Cl. The van der Waals surface area contributed by atoms with Gasteiger partial charge in [-0.3, -0.25) is 5.43 Å². The second-order valence-electron chi connectivity index (χ2n) is 5.55. The fourth-order valence-corrected chi connectivity index (χ4v) is 2.61. The predicted molar refractivity (Wildman–Crippen MR) is 111 cm³/mol. The quantitative estimate of drug-likeness (QED) is 0.251. The highest BCUT2D eigenvalue weighted by molar-refractivity contribution is 6.33. The molecule has 28 heavy (non-hydrogen) atoms. The molecule has 0 radical (unpaired) electrons. The molecule has 2 aromatic carbocycles. The molecule has 140 valence electrons. The van der Waals surface area contributed by atoms with Crippen molar-refractivity contribution < 1.29 is 13.9 Å². The number of carbonyl (C=O) groups is 1. The van der Waals surface area contributed by atoms with Crippen molar-refractivity contribution in [2.45, 2.75) is 0 Å². The molecule has 0 aliphatic heterocycles. The smallest absolute Gasteiger partial charge is 0.340 e. The van der Waals surface area contributed by atoms with Crippen molar-refractivity contribution in [2.75, 3.05) is 12.0 Å². The number of ether oxygens (including phenoxy) is 1. The van der Waals surface area contributed by atoms with Crippen LogP contribution in [0.1, 0.15) is 16.1 Å². The zero-order valence-corrected chi connectivity index (χ0v) is 16.0. The number of terminal acetylenes is 1. The monoisotopic (exact) mass is 412 g/mol. The third-order valence-corrected chi connectivity index (χ3v) is 4.20. The second-order valence-corrected chi connectivity index (χ2v) is 6.40. The van der Waals surface area contributed by atoms with Gasteiger partial charge in [0.2, 0.25) is 0 Å². The maximum absolute atomic E-state index is 12.0. The number of anilines is 1. The fourth-order valence-electron chi connectivity index (χ4n) is 2.29. The van der Waals surface area contributed by atoms with E-state index in [1.54, 1.807) is 42.5 Å². The first kappa shape index (κ1) is 19.6. The zero-order chi connectivity index (χ0) is 19.9. The summed E-state index contributed by atoms with van der Waals surface area (Å²) in [7, 11) is 0. The van der Waals surface area contributed by atoms with Crippen LogP contribution >= 0.6 is 23.2 Å². The van der Waals surface area contributed by atoms with Gasteiger partial charge in [-0.25, -0.2) is 4.79 Å². The van der Waals surface area contributed by atoms with Crippen LogP contribution in [-0.4, -0.2) is 18.8 Å². The number of hydrogen-bond donors (Lipinski definition) is 1. The molecule has 0 bridgehead atoms. The summed E-state index contributed by atoms with van der Waals surface area (Å²) >= 11 is 11.9. The Morgan fingerprint density at radius 3 is 2.71 bits per heavy atom. The lowest BCUT2D eigenvalue weighted by atomic mass is 10.1. The van der Waals surface area contributed by atoms with E-state index in [4.69, 9.17) is 38.8 Å². The number of furan rings is 1. The summed E-state index contributed by atoms with van der Waals surface area (Å²) in [6.45, 7) is -0.124. The van der Waals surface area contributed by atoms with Gasteiger partial charge in [-0.1, -0.05) is 29.1 Å². The van der Waals surface area contributed by atoms with Gasteiger partial charge in [-0.05, 0) is 54.6 Å². The molecule has 3 rings (SSSR count). The number of hydrazone groups is 1. The summed E-state index contributed by atoms with van der Waals surface area (Å²) in [5, 5.41) is 5.03. The molecule has 1 aromatic heterocycles. The van der Waals surface area contributed by atoms with Crippen LogP contribution in [0.15, 0.2) is 64.1 Å². The Kier molecular flexibility index (Phi) is 6.38. The summed E-state index contributed by atoms with van der Waals surface area (Å²) in [4.78, 5) is 12.0. The van der Waals surface area contributed by atoms with Crippen molar-refractivity contribution in [3.05, 3.63) is 76.0 Å². The van der Waals surface area contributed by atoms with Crippen LogP contribution in [-0.2, 0) is 4.74 Å². The molecule has 0 saturated heterocycles. The number of hydrogen-bond acceptors (Lipinski definition) is 5. The summed E-state index contributed by atoms with van der Waals surface area (Å²) in [6, 6.07) is 15.6. The second kappa shape index (κ2) is 9.14. The molecule has 5 nitrogen and oxygen atoms in total. The highest BCUT2D eigenvalue weighted by Gasteiger charge is 2.14. The molecule has 0 saturated carbocycles. The van der Waals surface area contributed by atoms with E-state index >= 15 is 0 Å². The van der Waals surface area contributed by atoms with Gasteiger partial charge in [0.15, 0.2) is 6.61 Å². The first-order valence-electron chi connectivity index (χ1n) is 8.12. The highest BCUT2D eigenvalue weighted by Crippen LogP contribution is 2.27. The molecular weight excluding hydrogens is 399 g/mol. The normalized spacial score (nSPS) is 10.6. The molecule has 0 aliphatic carbocycles. The molecule has 0 fully saturated rings. The van der Waals surface area contributed by atoms with Gasteiger partial charge in [0.05, 0.1) is 22.5 Å². The Balaban J connectivity index is 1.72. The van der Waals surface area contributed by atoms with Crippen LogP contribution in [0.25, 0.3) is 11.3 Å². The van der Waals surface area contributed by atoms with Crippen LogP contribution in [0.3, 0.4) is 0 Å². The lowest BCUT2D eigenvalue weighted by Gasteiger charge is -2.05. The molecule has 0 aliphatic rings. The summed E-state index contributed by atoms with van der Waals surface area (Å²) in [5.41, 5.74) is 4.55. The number of halogens is 2. The van der Waals surface area contributed by atoms with E-state index < -0.39 is 5.97 Å². The number of rotatable bonds is 6. The molecule has 1 heterocycles. The Bertz CT molecular complexity index is 1050. The standard InChI is InChI=1S/C21H14Cl2N2O3/c1-2-11-27-21(26)18-12-14(3-9-19(18)23)20-10-8-17(28-20)13-24-25-16-6-4-15(22)5-7-16/h1,3-10,12-13,25H,11H2. The fraction of sp³-hybridized carbons (Fsp3) is 0.0476. The molecule has 1 N–H and O–H groups in total. The van der Waals surface area contributed by atoms with Gasteiger partial charge in [0.1, 0.15) is 11.5 Å². The Morgan fingerprint density at radius 1 is 1.18 bits per heavy atom. The molecular formula is C21H14Cl2N2O3. The lowest BCUT2D eigenvalue weighted by Crippen LogP contribution is -2.06. The van der Waals surface area contributed by atoms with Gasteiger partial charge in [0.25, 0.3) is 0 Å². The van der Waals surface area contributed by atoms with E-state index in [2.05, 4.69) is 16.4 Å². The maximum Gasteiger partial charge on any atom is 0.340 e. The summed E-state index contributed by atoms with van der Waals surface area (Å²) in [5.74, 6) is 2.73. The van der Waals surface area contributed by atoms with Gasteiger partial charge < -0.3 is 9.15 Å². The average Bonchev–Trinajstić information content (AvgIpc) is 3.17. The largest absolute Gasteiger partial charge is 0.455 e. The summed E-state index contributed by atoms with van der Waals surface area (Å²) in [6.07, 6.45) is 6.64. The predicted octanol–water partition coefficient (Wildman–Crippen LogP) is 5.49. The Labute approximate surface area is 171 Å². The minimum Gasteiger partial charge on any atom is -0.455 e. The third kappa shape index (κ3) is 4.95. The van der Waals surface area contributed by atoms with E-state index in [0.717, 1.165) is 5.69 Å². The molecule has 0 spiro atoms. The maximum atomic E-state index is 12.0. The van der Waals surface area contributed by atoms with E-state index in [9.17, 15) is 4.79 Å². The van der Waals surface area contributed by atoms with Crippen LogP contribution in [0.2, 0.25) is 10.0 Å². The van der Waals surface area contributed by atoms with E-state index in [0.29, 0.717) is 22.1 Å². The first-order valence-corrected chi connectivity index (χ1v) is 8.87. The number of nitrogens with one attached hydrogen (secondary N) is 1. The van der Waals surface area contributed by atoms with Crippen LogP contribution in [0, 0.1) is 12.3 Å². The van der Waals surface area contributed by atoms with Crippen molar-refractivity contribution >= 4 is 41.1 Å². The minimum absolute atomic E-state index is 0.124. The molecule has 0 amide bonds. The van der Waals surface area contributed by atoms with Crippen LogP contribution < -0.4 is 5.43 Å². The van der Waals surface area contributed by atoms with Crippen LogP contribution in [0.4, 0.5) is 5.69 Å². The average molecular weight is 413 g/mol. The van der Waals surface area contributed by atoms with Crippen molar-refractivity contribution in [3.63, 3.8) is 0 Å². The zero-order valence-electron chi connectivity index (χ0n) is 14.5. The number of carbonyl (C=O) groups excluding carboxylic acids is 1. The number of benzene rings is 2. The molecule has 0 unspecified atom stereocenters. The van der Waals surface area contributed by atoms with Gasteiger partial charge in [-0.15, -0.1) is 6.42 Å². The highest BCUT2D eigenvalue weighted by atomic mass is 35.5. The molecule has 3 aromatic rings. The van der Waals surface area contributed by atoms with Gasteiger partial charge in [-0.2, -0.15) is 5.10 Å². The Hall–Kier alpha value is -3.20. The van der Waals surface area contributed by atoms with Crippen LogP contribution in [0.5, 0.6) is 0 Å². The minimum atomic E-state index is -0.592. The van der Waals surface area contributed by atoms with E-state index in [1.165, 1.54) is 6.21 Å². The third-order valence-electron chi connectivity index (χ3n) is 3.61. The number of nitrogens with zero attached hydrogens (tertiary/aromatic N) is 1. The Morgan fingerprint density at radius 2 is 1.96 bits per heavy atom.